The molecule has 0 bridgehead atoms. The quantitative estimate of drug-likeness (QED) is 0.885. The Balaban J connectivity index is 1.64. The van der Waals surface area contributed by atoms with Gasteiger partial charge in [-0.3, -0.25) is 4.98 Å². The molecule has 27 heavy (non-hydrogen) atoms. The van der Waals surface area contributed by atoms with Crippen molar-refractivity contribution >= 4 is 5.82 Å². The number of aryl methyl sites for hydroxylation is 1. The maximum Gasteiger partial charge on any atom is 0.153 e. The molecule has 0 atom stereocenters. The SMILES string of the molecule is COc1cnccc1-c1nc(CO)c(N2CCC3(CCCO3)CC2)nc1C. The van der Waals surface area contributed by atoms with E-state index in [1.807, 2.05) is 13.0 Å². The molecule has 2 aliphatic heterocycles. The number of nitrogens with zero attached hydrogens (tertiary/aromatic N) is 4. The fourth-order valence-electron chi connectivity index (χ4n) is 4.17. The number of hydrogen-bond donors (Lipinski definition) is 1. The van der Waals surface area contributed by atoms with Gasteiger partial charge in [0.2, 0.25) is 0 Å². The Bertz CT molecular complexity index is 811. The molecule has 1 N–H and O–H groups in total. The molecule has 1 spiro atoms. The third kappa shape index (κ3) is 3.37. The van der Waals surface area contributed by atoms with E-state index >= 15 is 0 Å². The first-order valence-corrected chi connectivity index (χ1v) is 9.51. The molecule has 2 fully saturated rings. The monoisotopic (exact) mass is 370 g/mol. The normalized spacial score (nSPS) is 18.9. The number of anilines is 1. The second-order valence-electron chi connectivity index (χ2n) is 7.28. The molecule has 0 aromatic carbocycles. The summed E-state index contributed by atoms with van der Waals surface area (Å²) >= 11 is 0. The van der Waals surface area contributed by atoms with Crippen LogP contribution in [0.4, 0.5) is 5.82 Å². The van der Waals surface area contributed by atoms with Crippen molar-refractivity contribution in [3.63, 3.8) is 0 Å². The molecular weight excluding hydrogens is 344 g/mol. The minimum atomic E-state index is -0.152. The van der Waals surface area contributed by atoms with Crippen molar-refractivity contribution in [1.82, 2.24) is 15.0 Å². The van der Waals surface area contributed by atoms with Gasteiger partial charge in [-0.15, -0.1) is 0 Å². The number of piperidine rings is 1. The molecule has 4 rings (SSSR count). The highest BCUT2D eigenvalue weighted by molar-refractivity contribution is 5.69. The van der Waals surface area contributed by atoms with Crippen LogP contribution in [0.2, 0.25) is 0 Å². The van der Waals surface area contributed by atoms with Crippen LogP contribution in [0.25, 0.3) is 11.3 Å². The standard InChI is InChI=1S/C20H26N4O3/c1-14-18(15-4-8-21-12-17(15)26-2)23-16(13-25)19(22-14)24-9-6-20(7-10-24)5-3-11-27-20/h4,8,12,25H,3,5-7,9-11,13H2,1-2H3. The largest absolute Gasteiger partial charge is 0.494 e. The van der Waals surface area contributed by atoms with Crippen LogP contribution in [0.3, 0.4) is 0 Å². The maximum atomic E-state index is 9.95. The van der Waals surface area contributed by atoms with Crippen molar-refractivity contribution < 1.29 is 14.6 Å². The first-order valence-electron chi connectivity index (χ1n) is 9.51. The minimum absolute atomic E-state index is 0.0582. The Morgan fingerprint density at radius 3 is 2.74 bits per heavy atom. The van der Waals surface area contributed by atoms with Gasteiger partial charge in [-0.05, 0) is 38.7 Å². The lowest BCUT2D eigenvalue weighted by Gasteiger charge is -2.39. The minimum Gasteiger partial charge on any atom is -0.494 e. The van der Waals surface area contributed by atoms with E-state index in [9.17, 15) is 5.11 Å². The zero-order valence-corrected chi connectivity index (χ0v) is 15.9. The molecule has 0 aliphatic carbocycles. The Hall–Kier alpha value is -2.25. The summed E-state index contributed by atoms with van der Waals surface area (Å²) in [6, 6.07) is 1.86. The summed E-state index contributed by atoms with van der Waals surface area (Å²) in [5, 5.41) is 9.95. The van der Waals surface area contributed by atoms with E-state index in [4.69, 9.17) is 19.4 Å². The summed E-state index contributed by atoms with van der Waals surface area (Å²) < 4.78 is 11.4. The van der Waals surface area contributed by atoms with Gasteiger partial charge < -0.3 is 19.5 Å². The Labute approximate surface area is 159 Å². The molecule has 2 saturated heterocycles. The lowest BCUT2D eigenvalue weighted by molar-refractivity contribution is -0.0147. The van der Waals surface area contributed by atoms with Crippen molar-refractivity contribution in [1.29, 1.82) is 0 Å². The Morgan fingerprint density at radius 2 is 2.07 bits per heavy atom. The predicted octanol–water partition coefficient (Wildman–Crippen LogP) is 2.50. The van der Waals surface area contributed by atoms with Gasteiger partial charge in [0.1, 0.15) is 11.4 Å². The molecule has 2 aliphatic rings. The number of ether oxygens (including phenoxy) is 2. The van der Waals surface area contributed by atoms with E-state index < -0.39 is 0 Å². The van der Waals surface area contributed by atoms with Crippen LogP contribution in [-0.2, 0) is 11.3 Å². The van der Waals surface area contributed by atoms with Gasteiger partial charge in [0, 0.05) is 31.5 Å². The number of methoxy groups -OCH3 is 1. The number of aromatic nitrogens is 3. The fourth-order valence-corrected chi connectivity index (χ4v) is 4.17. The smallest absolute Gasteiger partial charge is 0.153 e. The van der Waals surface area contributed by atoms with Gasteiger partial charge in [0.25, 0.3) is 0 Å². The van der Waals surface area contributed by atoms with E-state index in [-0.39, 0.29) is 12.2 Å². The highest BCUT2D eigenvalue weighted by Crippen LogP contribution is 2.38. The lowest BCUT2D eigenvalue weighted by atomic mass is 9.88. The molecule has 0 amide bonds. The van der Waals surface area contributed by atoms with E-state index in [1.165, 1.54) is 0 Å². The highest BCUT2D eigenvalue weighted by Gasteiger charge is 2.39. The average molecular weight is 370 g/mol. The first-order chi connectivity index (χ1) is 13.2. The van der Waals surface area contributed by atoms with Crippen LogP contribution in [-0.4, -0.2) is 52.5 Å². The molecule has 0 unspecified atom stereocenters. The number of hydrogen-bond acceptors (Lipinski definition) is 7. The number of aliphatic hydroxyl groups excluding tert-OH is 1. The van der Waals surface area contributed by atoms with Crippen molar-refractivity contribution in [2.45, 2.75) is 44.8 Å². The fraction of sp³-hybridized carbons (Fsp3) is 0.550. The van der Waals surface area contributed by atoms with Crippen LogP contribution in [0, 0.1) is 6.92 Å². The molecule has 2 aromatic rings. The topological polar surface area (TPSA) is 80.6 Å². The number of aliphatic hydroxyl groups is 1. The van der Waals surface area contributed by atoms with Crippen molar-refractivity contribution in [3.8, 4) is 17.0 Å². The van der Waals surface area contributed by atoms with Crippen LogP contribution < -0.4 is 9.64 Å². The summed E-state index contributed by atoms with van der Waals surface area (Å²) in [7, 11) is 1.61. The summed E-state index contributed by atoms with van der Waals surface area (Å²) in [5.74, 6) is 1.42. The van der Waals surface area contributed by atoms with E-state index in [0.717, 1.165) is 68.1 Å². The Morgan fingerprint density at radius 1 is 1.26 bits per heavy atom. The van der Waals surface area contributed by atoms with Gasteiger partial charge in [0.15, 0.2) is 5.82 Å². The second-order valence-corrected chi connectivity index (χ2v) is 7.28. The summed E-state index contributed by atoms with van der Waals surface area (Å²) in [4.78, 5) is 15.9. The van der Waals surface area contributed by atoms with Crippen LogP contribution in [0.5, 0.6) is 5.75 Å². The zero-order valence-electron chi connectivity index (χ0n) is 15.9. The maximum absolute atomic E-state index is 9.95. The van der Waals surface area contributed by atoms with Gasteiger partial charge in [-0.25, -0.2) is 9.97 Å². The summed E-state index contributed by atoms with van der Waals surface area (Å²) in [6.07, 6.45) is 7.67. The van der Waals surface area contributed by atoms with E-state index in [1.54, 1.807) is 19.5 Å². The first kappa shape index (κ1) is 18.1. The average Bonchev–Trinajstić information content (AvgIpc) is 3.16. The zero-order chi connectivity index (χ0) is 18.9. The van der Waals surface area contributed by atoms with Gasteiger partial charge >= 0.3 is 0 Å². The molecule has 2 aromatic heterocycles. The number of rotatable bonds is 4. The molecule has 7 nitrogen and oxygen atoms in total. The molecule has 4 heterocycles. The number of pyridine rings is 1. The van der Waals surface area contributed by atoms with Crippen molar-refractivity contribution in [2.24, 2.45) is 0 Å². The molecule has 7 heteroatoms. The van der Waals surface area contributed by atoms with E-state index in [2.05, 4.69) is 9.88 Å². The molecule has 0 radical (unpaired) electrons. The van der Waals surface area contributed by atoms with Crippen molar-refractivity contribution in [3.05, 3.63) is 29.8 Å². The highest BCUT2D eigenvalue weighted by atomic mass is 16.5. The second kappa shape index (κ2) is 7.40. The van der Waals surface area contributed by atoms with Crippen LogP contribution in [0.15, 0.2) is 18.5 Å². The van der Waals surface area contributed by atoms with E-state index in [0.29, 0.717) is 11.4 Å². The van der Waals surface area contributed by atoms with Gasteiger partial charge in [0.05, 0.1) is 36.9 Å². The summed E-state index contributed by atoms with van der Waals surface area (Å²) in [5.41, 5.74) is 3.01. The summed E-state index contributed by atoms with van der Waals surface area (Å²) in [6.45, 7) is 4.42. The third-order valence-corrected chi connectivity index (χ3v) is 5.69. The molecule has 0 saturated carbocycles. The van der Waals surface area contributed by atoms with Gasteiger partial charge in [-0.2, -0.15) is 0 Å². The predicted molar refractivity (Wildman–Crippen MR) is 102 cm³/mol. The van der Waals surface area contributed by atoms with Crippen LogP contribution in [0.1, 0.15) is 37.1 Å². The third-order valence-electron chi connectivity index (χ3n) is 5.69. The van der Waals surface area contributed by atoms with Crippen molar-refractivity contribution in [2.75, 3.05) is 31.7 Å². The Kier molecular flexibility index (Phi) is 4.97. The van der Waals surface area contributed by atoms with Crippen LogP contribution >= 0.6 is 0 Å². The van der Waals surface area contributed by atoms with Gasteiger partial charge in [-0.1, -0.05) is 0 Å². The molecule has 144 valence electrons. The molecular formula is C20H26N4O3. The lowest BCUT2D eigenvalue weighted by Crippen LogP contribution is -2.44.